The van der Waals surface area contributed by atoms with E-state index in [1.807, 2.05) is 6.07 Å². The van der Waals surface area contributed by atoms with E-state index in [4.69, 9.17) is 16.9 Å². The van der Waals surface area contributed by atoms with E-state index in [-0.39, 0.29) is 18.5 Å². The summed E-state index contributed by atoms with van der Waals surface area (Å²) in [4.78, 5) is 25.7. The van der Waals surface area contributed by atoms with E-state index in [0.717, 1.165) is 5.01 Å². The molecule has 0 saturated carbocycles. The fraction of sp³-hybridized carbons (Fsp3) is 0.190. The van der Waals surface area contributed by atoms with E-state index in [9.17, 15) is 14.7 Å². The Hall–Kier alpha value is -4.14. The number of nitrogens with one attached hydrogen (secondary N) is 1. The van der Waals surface area contributed by atoms with Crippen LogP contribution in [-0.4, -0.2) is 54.4 Å². The first-order valence-electron chi connectivity index (χ1n) is 9.81. The van der Waals surface area contributed by atoms with Gasteiger partial charge >= 0.3 is 0 Å². The lowest BCUT2D eigenvalue weighted by atomic mass is 10.1. The van der Waals surface area contributed by atoms with E-state index in [0.29, 0.717) is 21.8 Å². The van der Waals surface area contributed by atoms with Crippen molar-refractivity contribution < 1.29 is 14.7 Å². The first kappa shape index (κ1) is 22.1. The number of nitriles is 1. The smallest absolute Gasteiger partial charge is 0.276 e. The first-order chi connectivity index (χ1) is 16.0. The molecule has 1 aliphatic heterocycles. The molecule has 4 rings (SSSR count). The number of aromatic nitrogens is 4. The maximum Gasteiger partial charge on any atom is 0.276 e. The summed E-state index contributed by atoms with van der Waals surface area (Å²) in [6, 6.07) is 12.2. The number of nitrogens with zero attached hydrogens (tertiary/aromatic N) is 7. The monoisotopic (exact) mass is 464 g/mol. The summed E-state index contributed by atoms with van der Waals surface area (Å²) < 4.78 is 1.44. The minimum Gasteiger partial charge on any atom is -0.378 e. The van der Waals surface area contributed by atoms with E-state index in [1.165, 1.54) is 29.4 Å². The summed E-state index contributed by atoms with van der Waals surface area (Å²) in [5, 5.41) is 38.8. The highest BCUT2D eigenvalue weighted by Crippen LogP contribution is 2.23. The molecule has 0 radical (unpaired) electrons. The molecule has 0 unspecified atom stereocenters. The molecule has 1 aromatic heterocycles. The van der Waals surface area contributed by atoms with Crippen molar-refractivity contribution in [3.8, 4) is 11.8 Å². The van der Waals surface area contributed by atoms with Crippen molar-refractivity contribution in [2.75, 3.05) is 0 Å². The van der Waals surface area contributed by atoms with Crippen LogP contribution in [0.2, 0.25) is 5.02 Å². The number of rotatable bonds is 6. The van der Waals surface area contributed by atoms with Gasteiger partial charge in [-0.2, -0.15) is 10.4 Å². The minimum absolute atomic E-state index is 0.0971. The number of carbonyl (C=O) groups is 2. The van der Waals surface area contributed by atoms with Gasteiger partial charge in [-0.1, -0.05) is 23.7 Å². The Balaban J connectivity index is 1.46. The van der Waals surface area contributed by atoms with Gasteiger partial charge in [0.25, 0.3) is 5.91 Å². The summed E-state index contributed by atoms with van der Waals surface area (Å²) >= 11 is 6.11. The van der Waals surface area contributed by atoms with Crippen LogP contribution in [0, 0.1) is 11.3 Å². The van der Waals surface area contributed by atoms with Crippen LogP contribution in [-0.2, 0) is 16.1 Å². The minimum atomic E-state index is -1.57. The molecule has 2 N–H and O–H groups in total. The molecule has 0 saturated heterocycles. The maximum atomic E-state index is 12.9. The Morgan fingerprint density at radius 1 is 1.30 bits per heavy atom. The normalized spacial score (nSPS) is 15.8. The van der Waals surface area contributed by atoms with Crippen molar-refractivity contribution in [3.63, 3.8) is 0 Å². The van der Waals surface area contributed by atoms with E-state index >= 15 is 0 Å². The van der Waals surface area contributed by atoms with Gasteiger partial charge in [0.2, 0.25) is 5.91 Å². The van der Waals surface area contributed by atoms with Crippen LogP contribution in [0.4, 0.5) is 0 Å². The summed E-state index contributed by atoms with van der Waals surface area (Å²) in [5.74, 6) is -1.22. The molecule has 2 amide bonds. The highest BCUT2D eigenvalue weighted by molar-refractivity contribution is 6.30. The quantitative estimate of drug-likeness (QED) is 0.555. The molecule has 3 aromatic rings. The molecule has 0 aliphatic carbocycles. The molecule has 12 heteroatoms. The average Bonchev–Trinajstić information content (AvgIpc) is 3.54. The zero-order valence-corrected chi connectivity index (χ0v) is 17.8. The fourth-order valence-corrected chi connectivity index (χ4v) is 3.58. The number of aliphatic hydroxyl groups is 1. The molecule has 33 heavy (non-hydrogen) atoms. The number of halogens is 1. The predicted molar refractivity (Wildman–Crippen MR) is 116 cm³/mol. The van der Waals surface area contributed by atoms with Gasteiger partial charge < -0.3 is 10.4 Å². The lowest BCUT2D eigenvalue weighted by Crippen LogP contribution is -2.46. The third-order valence-electron chi connectivity index (χ3n) is 5.01. The van der Waals surface area contributed by atoms with Crippen molar-refractivity contribution in [2.24, 2.45) is 5.10 Å². The average molecular weight is 465 g/mol. The summed E-state index contributed by atoms with van der Waals surface area (Å²) in [7, 11) is 0. The summed E-state index contributed by atoms with van der Waals surface area (Å²) in [5.41, 5.74) is 1.84. The molecule has 2 aromatic carbocycles. The van der Waals surface area contributed by atoms with Crippen molar-refractivity contribution in [2.45, 2.75) is 25.1 Å². The summed E-state index contributed by atoms with van der Waals surface area (Å²) in [6.45, 7) is 0.0971. The van der Waals surface area contributed by atoms with Crippen LogP contribution in [0.1, 0.15) is 29.2 Å². The van der Waals surface area contributed by atoms with Crippen LogP contribution in [0.3, 0.4) is 0 Å². The number of amides is 2. The van der Waals surface area contributed by atoms with Gasteiger partial charge in [0, 0.05) is 24.2 Å². The zero-order valence-electron chi connectivity index (χ0n) is 17.0. The number of aliphatic hydroxyl groups excluding tert-OH is 1. The second-order valence-corrected chi connectivity index (χ2v) is 7.55. The number of hydrazone groups is 1. The van der Waals surface area contributed by atoms with Gasteiger partial charge in [-0.25, -0.2) is 9.69 Å². The fourth-order valence-electron chi connectivity index (χ4n) is 3.38. The van der Waals surface area contributed by atoms with Crippen molar-refractivity contribution in [3.05, 3.63) is 70.5 Å². The molecule has 1 aliphatic rings. The number of carbonyl (C=O) groups excluding carboxylic acids is 2. The van der Waals surface area contributed by atoms with Crippen LogP contribution >= 0.6 is 11.6 Å². The van der Waals surface area contributed by atoms with Crippen molar-refractivity contribution in [1.82, 2.24) is 30.5 Å². The molecule has 2 atom stereocenters. The molecule has 166 valence electrons. The maximum absolute atomic E-state index is 12.9. The Bertz CT molecular complexity index is 1250. The Kier molecular flexibility index (Phi) is 6.39. The van der Waals surface area contributed by atoms with Gasteiger partial charge in [-0.3, -0.25) is 9.59 Å². The largest absolute Gasteiger partial charge is 0.378 e. The molecule has 2 heterocycles. The second kappa shape index (κ2) is 9.56. The van der Waals surface area contributed by atoms with Gasteiger partial charge in [0.15, 0.2) is 6.10 Å². The number of benzene rings is 2. The van der Waals surface area contributed by atoms with E-state index in [2.05, 4.69) is 25.9 Å². The lowest BCUT2D eigenvalue weighted by Gasteiger charge is -2.24. The Morgan fingerprint density at radius 3 is 2.91 bits per heavy atom. The van der Waals surface area contributed by atoms with Crippen molar-refractivity contribution in [1.29, 1.82) is 5.26 Å². The standard InChI is InChI=1S/C21H17ClN8O3/c22-16-4-5-17(29-12-25-27-28-29)15(9-16)11-24-20(32)18-6-7-26-30(18)21(33)19(31)14-3-1-2-13(8-14)10-23/h1-5,7-9,12,18-19,31H,6,11H2,(H,24,32)/t18-,19+/m0/s1. The molecule has 0 spiro atoms. The SMILES string of the molecule is N#Cc1cccc([C@@H](O)C(=O)N2N=CC[C@H]2C(=O)NCc2cc(Cl)ccc2-n2cnnn2)c1. The van der Waals surface area contributed by atoms with Crippen LogP contribution < -0.4 is 5.32 Å². The first-order valence-corrected chi connectivity index (χ1v) is 10.2. The van der Waals surface area contributed by atoms with Gasteiger partial charge in [-0.15, -0.1) is 5.10 Å². The molecule has 0 bridgehead atoms. The Labute approximate surface area is 192 Å². The second-order valence-electron chi connectivity index (χ2n) is 7.12. The number of hydrogen-bond acceptors (Lipinski definition) is 8. The van der Waals surface area contributed by atoms with Gasteiger partial charge in [-0.05, 0) is 51.9 Å². The molecular formula is C21H17ClN8O3. The summed E-state index contributed by atoms with van der Waals surface area (Å²) in [6.07, 6.45) is 1.48. The van der Waals surface area contributed by atoms with Crippen LogP contribution in [0.25, 0.3) is 5.69 Å². The van der Waals surface area contributed by atoms with Crippen molar-refractivity contribution >= 4 is 29.6 Å². The number of tetrazole rings is 1. The highest BCUT2D eigenvalue weighted by Gasteiger charge is 2.36. The topological polar surface area (TPSA) is 149 Å². The van der Waals surface area contributed by atoms with Crippen LogP contribution in [0.15, 0.2) is 53.9 Å². The zero-order chi connectivity index (χ0) is 23.4. The molecular weight excluding hydrogens is 448 g/mol. The number of hydrogen-bond donors (Lipinski definition) is 2. The van der Waals surface area contributed by atoms with Gasteiger partial charge in [0.1, 0.15) is 12.4 Å². The molecule has 11 nitrogen and oxygen atoms in total. The van der Waals surface area contributed by atoms with Gasteiger partial charge in [0.05, 0.1) is 17.3 Å². The third-order valence-corrected chi connectivity index (χ3v) is 5.25. The third kappa shape index (κ3) is 4.72. The van der Waals surface area contributed by atoms with E-state index < -0.39 is 24.0 Å². The Morgan fingerprint density at radius 2 is 2.15 bits per heavy atom. The van der Waals surface area contributed by atoms with E-state index in [1.54, 1.807) is 30.3 Å². The lowest BCUT2D eigenvalue weighted by molar-refractivity contribution is -0.146. The molecule has 0 fully saturated rings. The van der Waals surface area contributed by atoms with Crippen LogP contribution in [0.5, 0.6) is 0 Å². The predicted octanol–water partition coefficient (Wildman–Crippen LogP) is 1.12. The highest BCUT2D eigenvalue weighted by atomic mass is 35.5.